The number of nitrogens with zero attached hydrogens (tertiary/aromatic N) is 2. The molecule has 1 saturated heterocycles. The van der Waals surface area contributed by atoms with Crippen LogP contribution < -0.4 is 10.2 Å². The summed E-state index contributed by atoms with van der Waals surface area (Å²) in [6, 6.07) is 14.7. The number of rotatable bonds is 4. The fourth-order valence-electron chi connectivity index (χ4n) is 3.98. The molecule has 31 heavy (non-hydrogen) atoms. The summed E-state index contributed by atoms with van der Waals surface area (Å²) >= 11 is 5.94. The van der Waals surface area contributed by atoms with E-state index in [-0.39, 0.29) is 18.9 Å². The van der Waals surface area contributed by atoms with Gasteiger partial charge in [-0.15, -0.1) is 0 Å². The molecule has 1 atom stereocenters. The molecule has 0 aromatic heterocycles. The molecule has 1 unspecified atom stereocenters. The third-order valence-electron chi connectivity index (χ3n) is 5.79. The molecule has 8 heteroatoms. The number of nitrogens with one attached hydrogen (secondary N) is 1. The Morgan fingerprint density at radius 3 is 2.45 bits per heavy atom. The molecular weight excluding hydrogens is 418 g/mol. The molecule has 2 aliphatic rings. The van der Waals surface area contributed by atoms with Crippen LogP contribution in [0.1, 0.15) is 22.8 Å². The van der Waals surface area contributed by atoms with Crippen LogP contribution in [0.5, 0.6) is 0 Å². The molecule has 4 rings (SSSR count). The average molecular weight is 442 g/mol. The van der Waals surface area contributed by atoms with Crippen molar-refractivity contribution in [1.82, 2.24) is 10.2 Å². The van der Waals surface area contributed by atoms with Gasteiger partial charge < -0.3 is 19.9 Å². The number of hydrogen-bond acceptors (Lipinski definition) is 5. The number of carbonyl (C=O) groups excluding carboxylic acids is 3. The summed E-state index contributed by atoms with van der Waals surface area (Å²) in [5, 5.41) is 3.34. The molecule has 2 aromatic rings. The van der Waals surface area contributed by atoms with Gasteiger partial charge in [-0.2, -0.15) is 0 Å². The quantitative estimate of drug-likeness (QED) is 0.736. The highest BCUT2D eigenvalue weighted by Gasteiger charge is 2.42. The van der Waals surface area contributed by atoms with Gasteiger partial charge in [0, 0.05) is 43.3 Å². The van der Waals surface area contributed by atoms with E-state index in [1.54, 1.807) is 24.0 Å². The van der Waals surface area contributed by atoms with E-state index in [0.717, 1.165) is 11.3 Å². The van der Waals surface area contributed by atoms with Crippen molar-refractivity contribution in [3.63, 3.8) is 0 Å². The smallest absolute Gasteiger partial charge is 0.339 e. The Labute approximate surface area is 185 Å². The monoisotopic (exact) mass is 441 g/mol. The normalized spacial score (nSPS) is 20.6. The van der Waals surface area contributed by atoms with Crippen molar-refractivity contribution < 1.29 is 19.1 Å². The number of carbonyl (C=O) groups is 3. The third kappa shape index (κ3) is 4.51. The zero-order chi connectivity index (χ0) is 22.0. The topological polar surface area (TPSA) is 79.0 Å². The van der Waals surface area contributed by atoms with Crippen LogP contribution >= 0.6 is 11.6 Å². The number of piperazine rings is 1. The fourth-order valence-corrected chi connectivity index (χ4v) is 4.11. The maximum Gasteiger partial charge on any atom is 0.339 e. The Morgan fingerprint density at radius 1 is 1.06 bits per heavy atom. The van der Waals surface area contributed by atoms with E-state index in [0.29, 0.717) is 36.8 Å². The van der Waals surface area contributed by atoms with Crippen LogP contribution in [-0.4, -0.2) is 61.0 Å². The highest BCUT2D eigenvalue weighted by molar-refractivity contribution is 6.30. The summed E-state index contributed by atoms with van der Waals surface area (Å²) in [4.78, 5) is 41.6. The van der Waals surface area contributed by atoms with Crippen LogP contribution in [0.15, 0.2) is 48.5 Å². The standard InChI is InChI=1S/C23H24ClN3O4/c1-23(14-16-4-2-3-5-19(16)21(29)31-23)22(30)25-15-20(28)27-12-10-26(11-13-27)18-8-6-17(24)7-9-18/h2-9H,10-15H2,1H3,(H,25,30). The second-order valence-corrected chi connectivity index (χ2v) is 8.42. The molecule has 0 bridgehead atoms. The van der Waals surface area contributed by atoms with Crippen molar-refractivity contribution in [3.8, 4) is 0 Å². The number of cyclic esters (lactones) is 1. The molecule has 0 saturated carbocycles. The van der Waals surface area contributed by atoms with Crippen LogP contribution in [0.25, 0.3) is 0 Å². The first-order chi connectivity index (χ1) is 14.9. The van der Waals surface area contributed by atoms with Crippen molar-refractivity contribution >= 4 is 35.1 Å². The molecule has 0 radical (unpaired) electrons. The number of ether oxygens (including phenoxy) is 1. The van der Waals surface area contributed by atoms with Crippen LogP contribution in [0.2, 0.25) is 5.02 Å². The van der Waals surface area contributed by atoms with Crippen LogP contribution in [0, 0.1) is 0 Å². The molecule has 1 fully saturated rings. The number of hydrogen-bond donors (Lipinski definition) is 1. The van der Waals surface area contributed by atoms with E-state index in [4.69, 9.17) is 16.3 Å². The van der Waals surface area contributed by atoms with Gasteiger partial charge in [0.1, 0.15) is 0 Å². The van der Waals surface area contributed by atoms with E-state index in [9.17, 15) is 14.4 Å². The second-order valence-electron chi connectivity index (χ2n) is 7.98. The first-order valence-corrected chi connectivity index (χ1v) is 10.6. The SMILES string of the molecule is CC1(C(=O)NCC(=O)N2CCN(c3ccc(Cl)cc3)CC2)Cc2ccccc2C(=O)O1. The minimum atomic E-state index is -1.33. The Morgan fingerprint density at radius 2 is 1.74 bits per heavy atom. The van der Waals surface area contributed by atoms with Gasteiger partial charge in [0.2, 0.25) is 5.91 Å². The molecule has 2 aromatic carbocycles. The lowest BCUT2D eigenvalue weighted by Gasteiger charge is -2.36. The van der Waals surface area contributed by atoms with Crippen molar-refractivity contribution in [2.24, 2.45) is 0 Å². The van der Waals surface area contributed by atoms with Gasteiger partial charge in [0.05, 0.1) is 12.1 Å². The van der Waals surface area contributed by atoms with Gasteiger partial charge in [0.15, 0.2) is 5.60 Å². The minimum absolute atomic E-state index is 0.130. The Hall–Kier alpha value is -3.06. The first kappa shape index (κ1) is 21.2. The van der Waals surface area contributed by atoms with Crippen molar-refractivity contribution in [1.29, 1.82) is 0 Å². The number of benzene rings is 2. The van der Waals surface area contributed by atoms with Crippen molar-refractivity contribution in [3.05, 3.63) is 64.7 Å². The van der Waals surface area contributed by atoms with E-state index in [1.165, 1.54) is 0 Å². The average Bonchev–Trinajstić information content (AvgIpc) is 2.78. The van der Waals surface area contributed by atoms with Gasteiger partial charge in [-0.1, -0.05) is 29.8 Å². The van der Waals surface area contributed by atoms with Crippen LogP contribution in [0.3, 0.4) is 0 Å². The minimum Gasteiger partial charge on any atom is -0.445 e. The van der Waals surface area contributed by atoms with Crippen molar-refractivity contribution in [2.75, 3.05) is 37.6 Å². The summed E-state index contributed by atoms with van der Waals surface area (Å²) in [6.07, 6.45) is 0.273. The summed E-state index contributed by atoms with van der Waals surface area (Å²) in [5.74, 6) is -1.15. The largest absolute Gasteiger partial charge is 0.445 e. The van der Waals surface area contributed by atoms with Gasteiger partial charge in [0.25, 0.3) is 5.91 Å². The van der Waals surface area contributed by atoms with E-state index in [2.05, 4.69) is 10.2 Å². The molecule has 2 amide bonds. The number of amides is 2. The second kappa shape index (κ2) is 8.59. The maximum absolute atomic E-state index is 12.7. The molecule has 2 aliphatic heterocycles. The third-order valence-corrected chi connectivity index (χ3v) is 6.04. The molecular formula is C23H24ClN3O4. The van der Waals surface area contributed by atoms with E-state index < -0.39 is 17.5 Å². The lowest BCUT2D eigenvalue weighted by molar-refractivity contribution is -0.142. The fraction of sp³-hybridized carbons (Fsp3) is 0.348. The summed E-state index contributed by atoms with van der Waals surface area (Å²) in [6.45, 7) is 3.98. The summed E-state index contributed by atoms with van der Waals surface area (Å²) in [5.41, 5.74) is 0.972. The predicted molar refractivity (Wildman–Crippen MR) is 117 cm³/mol. The first-order valence-electron chi connectivity index (χ1n) is 10.2. The van der Waals surface area contributed by atoms with Gasteiger partial charge in [-0.25, -0.2) is 4.79 Å². The lowest BCUT2D eigenvalue weighted by Crippen LogP contribution is -2.55. The number of fused-ring (bicyclic) bond motifs is 1. The Bertz CT molecular complexity index is 1000. The zero-order valence-electron chi connectivity index (χ0n) is 17.3. The summed E-state index contributed by atoms with van der Waals surface area (Å²) < 4.78 is 5.42. The Balaban J connectivity index is 1.29. The van der Waals surface area contributed by atoms with E-state index >= 15 is 0 Å². The van der Waals surface area contributed by atoms with Gasteiger partial charge in [-0.3, -0.25) is 9.59 Å². The number of halogens is 1. The molecule has 2 heterocycles. The van der Waals surface area contributed by atoms with Crippen LogP contribution in [0.4, 0.5) is 5.69 Å². The number of anilines is 1. The molecule has 0 spiro atoms. The highest BCUT2D eigenvalue weighted by atomic mass is 35.5. The predicted octanol–water partition coefficient (Wildman–Crippen LogP) is 2.28. The summed E-state index contributed by atoms with van der Waals surface area (Å²) in [7, 11) is 0. The molecule has 0 aliphatic carbocycles. The van der Waals surface area contributed by atoms with Crippen molar-refractivity contribution in [2.45, 2.75) is 18.9 Å². The molecule has 7 nitrogen and oxygen atoms in total. The number of esters is 1. The molecule has 162 valence electrons. The van der Waals surface area contributed by atoms with Gasteiger partial charge in [-0.05, 0) is 42.8 Å². The molecule has 1 N–H and O–H groups in total. The van der Waals surface area contributed by atoms with Crippen LogP contribution in [-0.2, 0) is 20.7 Å². The Kier molecular flexibility index (Phi) is 5.87. The maximum atomic E-state index is 12.7. The lowest BCUT2D eigenvalue weighted by atomic mass is 9.89. The van der Waals surface area contributed by atoms with Gasteiger partial charge >= 0.3 is 5.97 Å². The zero-order valence-corrected chi connectivity index (χ0v) is 18.0. The highest BCUT2D eigenvalue weighted by Crippen LogP contribution is 2.28. The van der Waals surface area contributed by atoms with E-state index in [1.807, 2.05) is 36.4 Å².